The van der Waals surface area contributed by atoms with Crippen LogP contribution in [0.15, 0.2) is 30.6 Å². The molecule has 2 aromatic rings. The van der Waals surface area contributed by atoms with Gasteiger partial charge in [-0.25, -0.2) is 14.4 Å². The van der Waals surface area contributed by atoms with Gasteiger partial charge in [0.2, 0.25) is 14.6 Å². The number of benzene rings is 1. The Hall–Kier alpha value is -2.52. The standard InChI is InChI=1S/C24H33FN4O3Si/c1-18(2)33(3)31-17-19-5-4-6-22(23(19)25)28-9-7-20(8-10-28)32-21-15-26-24(27-16-21)29-11-13-30-14-12-29/h4-6,15-16,20H,7-14,17H2,1-3H3. The third-order valence-electron chi connectivity index (χ3n) is 6.20. The van der Waals surface area contributed by atoms with E-state index in [0.717, 1.165) is 39.0 Å². The van der Waals surface area contributed by atoms with Crippen LogP contribution >= 0.6 is 0 Å². The molecule has 2 aliphatic rings. The summed E-state index contributed by atoms with van der Waals surface area (Å²) in [6.07, 6.45) is 5.19. The molecule has 0 saturated carbocycles. The number of ether oxygens (including phenoxy) is 2. The number of hydrogen-bond acceptors (Lipinski definition) is 7. The van der Waals surface area contributed by atoms with Crippen molar-refractivity contribution in [1.82, 2.24) is 9.97 Å². The summed E-state index contributed by atoms with van der Waals surface area (Å²) in [7, 11) is -1.00. The van der Waals surface area contributed by atoms with Crippen molar-refractivity contribution in [3.63, 3.8) is 0 Å². The zero-order valence-electron chi connectivity index (χ0n) is 19.7. The first-order chi connectivity index (χ1) is 16.0. The molecule has 178 valence electrons. The van der Waals surface area contributed by atoms with Gasteiger partial charge in [-0.1, -0.05) is 17.3 Å². The number of piperidine rings is 1. The second-order valence-corrected chi connectivity index (χ2v) is 11.1. The van der Waals surface area contributed by atoms with Crippen LogP contribution in [0.2, 0.25) is 6.55 Å². The van der Waals surface area contributed by atoms with E-state index in [4.69, 9.17) is 13.9 Å². The van der Waals surface area contributed by atoms with Gasteiger partial charge in [0.15, 0.2) is 11.6 Å². The van der Waals surface area contributed by atoms with Crippen molar-refractivity contribution in [1.29, 1.82) is 0 Å². The minimum absolute atomic E-state index is 0.0713. The van der Waals surface area contributed by atoms with Gasteiger partial charge in [0, 0.05) is 44.6 Å². The van der Waals surface area contributed by atoms with Crippen molar-refractivity contribution in [2.45, 2.75) is 45.9 Å². The molecule has 7 nitrogen and oxygen atoms in total. The predicted molar refractivity (Wildman–Crippen MR) is 130 cm³/mol. The lowest BCUT2D eigenvalue weighted by molar-refractivity contribution is 0.122. The summed E-state index contributed by atoms with van der Waals surface area (Å²) in [5, 5.41) is 1.28. The highest BCUT2D eigenvalue weighted by atomic mass is 28.3. The Bertz CT molecular complexity index is 955. The first kappa shape index (κ1) is 23.6. The van der Waals surface area contributed by atoms with E-state index >= 15 is 4.39 Å². The Labute approximate surface area is 196 Å². The molecule has 0 amide bonds. The first-order valence-corrected chi connectivity index (χ1v) is 13.5. The summed E-state index contributed by atoms with van der Waals surface area (Å²) >= 11 is 0. The fourth-order valence-corrected chi connectivity index (χ4v) is 4.62. The van der Waals surface area contributed by atoms with Gasteiger partial charge in [0.25, 0.3) is 0 Å². The monoisotopic (exact) mass is 472 g/mol. The van der Waals surface area contributed by atoms with Gasteiger partial charge in [0.05, 0.1) is 37.9 Å². The van der Waals surface area contributed by atoms with E-state index in [1.807, 2.05) is 18.2 Å². The maximum Gasteiger partial charge on any atom is 0.227 e. The smallest absolute Gasteiger partial charge is 0.227 e. The second kappa shape index (κ2) is 11.1. The van der Waals surface area contributed by atoms with E-state index in [1.165, 1.54) is 5.17 Å². The van der Waals surface area contributed by atoms with Gasteiger partial charge < -0.3 is 23.7 Å². The van der Waals surface area contributed by atoms with E-state index in [0.29, 0.717) is 42.8 Å². The van der Waals surface area contributed by atoms with Crippen LogP contribution < -0.4 is 14.5 Å². The van der Waals surface area contributed by atoms with Gasteiger partial charge in [-0.05, 0) is 26.5 Å². The van der Waals surface area contributed by atoms with Gasteiger partial charge in [-0.3, -0.25) is 0 Å². The zero-order chi connectivity index (χ0) is 23.2. The molecule has 2 aliphatic heterocycles. The van der Waals surface area contributed by atoms with Crippen LogP contribution in [-0.4, -0.2) is 69.3 Å². The summed E-state index contributed by atoms with van der Waals surface area (Å²) in [6, 6.07) is 5.58. The molecule has 0 atom stereocenters. The van der Waals surface area contributed by atoms with Crippen molar-refractivity contribution >= 4 is 25.5 Å². The van der Waals surface area contributed by atoms with E-state index in [1.54, 1.807) is 12.4 Å². The van der Waals surface area contributed by atoms with Crippen LogP contribution in [0.5, 0.6) is 5.75 Å². The fraction of sp³-hybridized carbons (Fsp3) is 0.542. The van der Waals surface area contributed by atoms with E-state index in [2.05, 4.69) is 40.2 Å². The fourth-order valence-electron chi connectivity index (χ4n) is 3.96. The Balaban J connectivity index is 1.31. The SMILES string of the molecule is CC(C)=[Si](C)OCc1cccc(N2CCC(Oc3cnc(N4CCOCC4)nc3)CC2)c1F. The van der Waals surface area contributed by atoms with Crippen molar-refractivity contribution in [3.8, 4) is 5.75 Å². The Morgan fingerprint density at radius 3 is 2.45 bits per heavy atom. The quantitative estimate of drug-likeness (QED) is 0.572. The van der Waals surface area contributed by atoms with Crippen LogP contribution in [0.1, 0.15) is 32.3 Å². The van der Waals surface area contributed by atoms with Crippen LogP contribution in [0, 0.1) is 5.82 Å². The molecule has 0 unspecified atom stereocenters. The Morgan fingerprint density at radius 2 is 1.79 bits per heavy atom. The lowest BCUT2D eigenvalue weighted by Gasteiger charge is -2.34. The van der Waals surface area contributed by atoms with Crippen molar-refractivity contribution in [2.24, 2.45) is 0 Å². The topological polar surface area (TPSA) is 60.0 Å². The number of nitrogens with zero attached hydrogens (tertiary/aromatic N) is 4. The number of rotatable bonds is 7. The van der Waals surface area contributed by atoms with Crippen LogP contribution in [0.25, 0.3) is 0 Å². The summed E-state index contributed by atoms with van der Waals surface area (Å²) in [5.74, 6) is 1.21. The van der Waals surface area contributed by atoms with Crippen molar-refractivity contribution in [2.75, 3.05) is 49.2 Å². The Morgan fingerprint density at radius 1 is 1.09 bits per heavy atom. The molecule has 3 heterocycles. The molecule has 4 rings (SSSR count). The van der Waals surface area contributed by atoms with Crippen LogP contribution in [0.4, 0.5) is 16.0 Å². The third-order valence-corrected chi connectivity index (χ3v) is 8.19. The summed E-state index contributed by atoms with van der Waals surface area (Å²) in [4.78, 5) is 13.1. The average Bonchev–Trinajstić information content (AvgIpc) is 2.85. The zero-order valence-corrected chi connectivity index (χ0v) is 20.7. The molecule has 1 aromatic carbocycles. The molecule has 33 heavy (non-hydrogen) atoms. The maximum absolute atomic E-state index is 15.2. The van der Waals surface area contributed by atoms with Gasteiger partial charge in [0.1, 0.15) is 6.10 Å². The molecule has 2 saturated heterocycles. The molecule has 1 aromatic heterocycles. The highest BCUT2D eigenvalue weighted by Crippen LogP contribution is 2.27. The number of hydrogen-bond donors (Lipinski definition) is 0. The van der Waals surface area contributed by atoms with Crippen LogP contribution in [-0.2, 0) is 15.8 Å². The van der Waals surface area contributed by atoms with E-state index in [-0.39, 0.29) is 11.9 Å². The number of anilines is 2. The molecule has 0 radical (unpaired) electrons. The highest BCUT2D eigenvalue weighted by Gasteiger charge is 2.24. The summed E-state index contributed by atoms with van der Waals surface area (Å²) in [5.41, 5.74) is 1.27. The molecule has 0 spiro atoms. The summed E-state index contributed by atoms with van der Waals surface area (Å²) < 4.78 is 32.6. The lowest BCUT2D eigenvalue weighted by atomic mass is 10.1. The second-order valence-electron chi connectivity index (χ2n) is 8.72. The molecular weight excluding hydrogens is 439 g/mol. The maximum atomic E-state index is 15.2. The molecule has 0 aliphatic carbocycles. The van der Waals surface area contributed by atoms with Gasteiger partial charge in [-0.2, -0.15) is 0 Å². The van der Waals surface area contributed by atoms with Crippen molar-refractivity contribution < 1.29 is 18.3 Å². The largest absolute Gasteiger partial charge is 0.547 e. The highest BCUT2D eigenvalue weighted by molar-refractivity contribution is 6.64. The number of aromatic nitrogens is 2. The minimum atomic E-state index is -1.00. The average molecular weight is 473 g/mol. The van der Waals surface area contributed by atoms with Gasteiger partial charge in [-0.15, -0.1) is 0 Å². The third kappa shape index (κ3) is 6.08. The lowest BCUT2D eigenvalue weighted by Crippen LogP contribution is -2.39. The number of halogens is 1. The minimum Gasteiger partial charge on any atom is -0.547 e. The van der Waals surface area contributed by atoms with Crippen molar-refractivity contribution in [3.05, 3.63) is 42.0 Å². The van der Waals surface area contributed by atoms with E-state index in [9.17, 15) is 0 Å². The molecule has 0 bridgehead atoms. The molecule has 0 N–H and O–H groups in total. The molecular formula is C24H33FN4O3Si. The first-order valence-electron chi connectivity index (χ1n) is 11.6. The van der Waals surface area contributed by atoms with Gasteiger partial charge >= 0.3 is 0 Å². The molecule has 2 fully saturated rings. The van der Waals surface area contributed by atoms with E-state index < -0.39 is 8.65 Å². The predicted octanol–water partition coefficient (Wildman–Crippen LogP) is 3.43. The Kier molecular flexibility index (Phi) is 7.92. The van der Waals surface area contributed by atoms with Crippen LogP contribution in [0.3, 0.4) is 0 Å². The molecule has 9 heteroatoms. The number of morpholine rings is 1. The normalized spacial score (nSPS) is 17.1. The summed E-state index contributed by atoms with van der Waals surface area (Å²) in [6.45, 7) is 11.0.